The van der Waals surface area contributed by atoms with E-state index in [9.17, 15) is 14.4 Å². The summed E-state index contributed by atoms with van der Waals surface area (Å²) in [6.45, 7) is 0.414. The zero-order valence-corrected chi connectivity index (χ0v) is 11.5. The molecule has 7 nitrogen and oxygen atoms in total. The molecular weight excluding hydrogens is 270 g/mol. The van der Waals surface area contributed by atoms with E-state index in [0.29, 0.717) is 0 Å². The number of nitriles is 1. The third kappa shape index (κ3) is 8.90. The average molecular weight is 287 g/mol. The van der Waals surface area contributed by atoms with Gasteiger partial charge in [-0.15, -0.1) is 0 Å². The Balaban J connectivity index is 3.98. The van der Waals surface area contributed by atoms with Gasteiger partial charge >= 0.3 is 5.97 Å². The first-order chi connectivity index (χ1) is 9.01. The van der Waals surface area contributed by atoms with Crippen LogP contribution in [-0.2, 0) is 14.4 Å². The van der Waals surface area contributed by atoms with Gasteiger partial charge in [-0.1, -0.05) is 0 Å². The number of rotatable bonds is 9. The molecule has 1 unspecified atom stereocenters. The number of thioether (sulfide) groups is 1. The molecule has 0 spiro atoms. The number of carboxylic acids is 1. The van der Waals surface area contributed by atoms with Gasteiger partial charge in [-0.2, -0.15) is 17.0 Å². The number of carboxylic acid groups (broad SMARTS) is 1. The summed E-state index contributed by atoms with van der Waals surface area (Å²) in [5.41, 5.74) is 0. The normalized spacial score (nSPS) is 11.2. The van der Waals surface area contributed by atoms with Crippen LogP contribution >= 0.6 is 11.8 Å². The summed E-state index contributed by atoms with van der Waals surface area (Å²) in [7, 11) is 0. The Morgan fingerprint density at radius 3 is 2.53 bits per heavy atom. The minimum Gasteiger partial charge on any atom is -0.481 e. The molecule has 1 atom stereocenters. The van der Waals surface area contributed by atoms with Gasteiger partial charge in [0, 0.05) is 19.5 Å². The Bertz CT molecular complexity index is 367. The predicted octanol–water partition coefficient (Wildman–Crippen LogP) is -0.271. The lowest BCUT2D eigenvalue weighted by Gasteiger charge is -2.14. The Morgan fingerprint density at radius 2 is 2.00 bits per heavy atom. The standard InChI is InChI=1S/C11H17N3O4S/c1-19-8(11(18)13-6-2-5-12)7-14-9(15)3-4-10(16)17/h8H,2-4,6-7H2,1H3,(H,13,18)(H,14,15)(H,16,17). The monoisotopic (exact) mass is 287 g/mol. The Morgan fingerprint density at radius 1 is 1.32 bits per heavy atom. The van der Waals surface area contributed by atoms with Crippen LogP contribution in [0.5, 0.6) is 0 Å². The summed E-state index contributed by atoms with van der Waals surface area (Å²) in [6, 6.07) is 1.91. The maximum Gasteiger partial charge on any atom is 0.303 e. The highest BCUT2D eigenvalue weighted by Gasteiger charge is 2.17. The number of carbonyl (C=O) groups is 3. The second-order valence-corrected chi connectivity index (χ2v) is 4.66. The predicted molar refractivity (Wildman–Crippen MR) is 70.4 cm³/mol. The van der Waals surface area contributed by atoms with Gasteiger partial charge in [0.15, 0.2) is 0 Å². The van der Waals surface area contributed by atoms with Crippen molar-refractivity contribution in [1.82, 2.24) is 10.6 Å². The first-order valence-corrected chi connectivity index (χ1v) is 6.96. The summed E-state index contributed by atoms with van der Waals surface area (Å²) in [5, 5.41) is 21.4. The maximum absolute atomic E-state index is 11.6. The third-order valence-corrected chi connectivity index (χ3v) is 3.11. The SMILES string of the molecule is CSC(CNC(=O)CCC(=O)O)C(=O)NCCC#N. The van der Waals surface area contributed by atoms with Gasteiger partial charge in [-0.05, 0) is 6.26 Å². The molecule has 0 radical (unpaired) electrons. The van der Waals surface area contributed by atoms with Crippen LogP contribution in [0.2, 0.25) is 0 Å². The lowest BCUT2D eigenvalue weighted by molar-refractivity contribution is -0.138. The van der Waals surface area contributed by atoms with Crippen molar-refractivity contribution in [2.24, 2.45) is 0 Å². The maximum atomic E-state index is 11.6. The highest BCUT2D eigenvalue weighted by Crippen LogP contribution is 2.05. The number of carbonyl (C=O) groups excluding carboxylic acids is 2. The van der Waals surface area contributed by atoms with Gasteiger partial charge in [0.05, 0.1) is 18.9 Å². The Kier molecular flexibility index (Phi) is 9.26. The molecule has 19 heavy (non-hydrogen) atoms. The minimum atomic E-state index is -1.04. The topological polar surface area (TPSA) is 119 Å². The molecule has 0 rings (SSSR count). The van der Waals surface area contributed by atoms with Crippen molar-refractivity contribution in [2.75, 3.05) is 19.3 Å². The zero-order chi connectivity index (χ0) is 14.7. The van der Waals surface area contributed by atoms with Crippen molar-refractivity contribution in [2.45, 2.75) is 24.5 Å². The third-order valence-electron chi connectivity index (χ3n) is 2.16. The summed E-state index contributed by atoms with van der Waals surface area (Å²) < 4.78 is 0. The fourth-order valence-corrected chi connectivity index (χ4v) is 1.70. The quantitative estimate of drug-likeness (QED) is 0.502. The van der Waals surface area contributed by atoms with E-state index in [0.717, 1.165) is 0 Å². The van der Waals surface area contributed by atoms with Crippen molar-refractivity contribution in [1.29, 1.82) is 5.26 Å². The van der Waals surface area contributed by atoms with Crippen LogP contribution in [0.15, 0.2) is 0 Å². The van der Waals surface area contributed by atoms with Gasteiger partial charge < -0.3 is 15.7 Å². The van der Waals surface area contributed by atoms with Gasteiger partial charge in [-0.3, -0.25) is 14.4 Å². The minimum absolute atomic E-state index is 0.105. The molecule has 0 aromatic carbocycles. The first kappa shape index (κ1) is 17.2. The van der Waals surface area contributed by atoms with Gasteiger partial charge in [-0.25, -0.2) is 0 Å². The Hall–Kier alpha value is -1.75. The zero-order valence-electron chi connectivity index (χ0n) is 10.6. The number of aliphatic carboxylic acids is 1. The van der Waals surface area contributed by atoms with E-state index in [2.05, 4.69) is 10.6 Å². The molecule has 2 amide bonds. The van der Waals surface area contributed by atoms with Gasteiger partial charge in [0.1, 0.15) is 5.25 Å². The number of nitrogens with one attached hydrogen (secondary N) is 2. The van der Waals surface area contributed by atoms with E-state index in [4.69, 9.17) is 10.4 Å². The highest BCUT2D eigenvalue weighted by molar-refractivity contribution is 7.99. The number of amides is 2. The molecule has 0 aromatic rings. The van der Waals surface area contributed by atoms with Crippen LogP contribution in [0.3, 0.4) is 0 Å². The Labute approximate surface area is 115 Å². The van der Waals surface area contributed by atoms with Crippen molar-refractivity contribution in [3.05, 3.63) is 0 Å². The van der Waals surface area contributed by atoms with E-state index in [1.807, 2.05) is 6.07 Å². The lowest BCUT2D eigenvalue weighted by atomic mass is 10.3. The fraction of sp³-hybridized carbons (Fsp3) is 0.636. The van der Waals surface area contributed by atoms with E-state index in [1.54, 1.807) is 6.26 Å². The van der Waals surface area contributed by atoms with Crippen LogP contribution in [0.25, 0.3) is 0 Å². The summed E-state index contributed by atoms with van der Waals surface area (Å²) in [5.74, 6) is -1.68. The smallest absolute Gasteiger partial charge is 0.303 e. The second-order valence-electron chi connectivity index (χ2n) is 3.62. The molecule has 0 aliphatic rings. The van der Waals surface area contributed by atoms with Crippen LogP contribution < -0.4 is 10.6 Å². The molecule has 0 bridgehead atoms. The van der Waals surface area contributed by atoms with E-state index >= 15 is 0 Å². The average Bonchev–Trinajstić information content (AvgIpc) is 2.37. The number of hydrogen-bond acceptors (Lipinski definition) is 5. The van der Waals surface area contributed by atoms with E-state index in [1.165, 1.54) is 11.8 Å². The van der Waals surface area contributed by atoms with Gasteiger partial charge in [0.25, 0.3) is 0 Å². The molecular formula is C11H17N3O4S. The molecule has 0 saturated carbocycles. The van der Waals surface area contributed by atoms with Gasteiger partial charge in [0.2, 0.25) is 11.8 Å². The van der Waals surface area contributed by atoms with Crippen molar-refractivity contribution in [3.63, 3.8) is 0 Å². The first-order valence-electron chi connectivity index (χ1n) is 5.67. The lowest BCUT2D eigenvalue weighted by Crippen LogP contribution is -2.41. The molecule has 106 valence electrons. The van der Waals surface area contributed by atoms with Crippen LogP contribution in [0.1, 0.15) is 19.3 Å². The number of nitrogens with zero attached hydrogens (tertiary/aromatic N) is 1. The van der Waals surface area contributed by atoms with Crippen molar-refractivity contribution in [3.8, 4) is 6.07 Å². The largest absolute Gasteiger partial charge is 0.481 e. The molecule has 8 heteroatoms. The van der Waals surface area contributed by atoms with Crippen molar-refractivity contribution >= 4 is 29.5 Å². The molecule has 0 saturated heterocycles. The molecule has 0 heterocycles. The van der Waals surface area contributed by atoms with Crippen molar-refractivity contribution < 1.29 is 19.5 Å². The molecule has 0 aliphatic heterocycles. The second kappa shape index (κ2) is 10.2. The van der Waals surface area contributed by atoms with E-state index < -0.39 is 17.1 Å². The molecule has 0 fully saturated rings. The van der Waals surface area contributed by atoms with E-state index in [-0.39, 0.29) is 38.3 Å². The summed E-state index contributed by atoms with van der Waals surface area (Å²) in [4.78, 5) is 33.2. The molecule has 0 aromatic heterocycles. The summed E-state index contributed by atoms with van der Waals surface area (Å²) in [6.07, 6.45) is 1.63. The van der Waals surface area contributed by atoms with Crippen LogP contribution in [0, 0.1) is 11.3 Å². The van der Waals surface area contributed by atoms with Crippen LogP contribution in [-0.4, -0.2) is 47.5 Å². The summed E-state index contributed by atoms with van der Waals surface area (Å²) >= 11 is 1.28. The molecule has 0 aliphatic carbocycles. The fourth-order valence-electron chi connectivity index (χ4n) is 1.15. The van der Waals surface area contributed by atoms with Crippen LogP contribution in [0.4, 0.5) is 0 Å². The molecule has 3 N–H and O–H groups in total. The number of hydrogen-bond donors (Lipinski definition) is 3. The highest BCUT2D eigenvalue weighted by atomic mass is 32.2.